The Kier molecular flexibility index (Phi) is 3.08. The van der Waals surface area contributed by atoms with Gasteiger partial charge < -0.3 is 9.73 Å². The fourth-order valence-electron chi connectivity index (χ4n) is 1.22. The van der Waals surface area contributed by atoms with Crippen molar-refractivity contribution in [2.24, 2.45) is 0 Å². The summed E-state index contributed by atoms with van der Waals surface area (Å²) in [6.45, 7) is 0.467. The van der Waals surface area contributed by atoms with Crippen LogP contribution in [0.3, 0.4) is 0 Å². The Morgan fingerprint density at radius 2 is 2.25 bits per heavy atom. The summed E-state index contributed by atoms with van der Waals surface area (Å²) < 4.78 is 5.20. The first-order valence-corrected chi connectivity index (χ1v) is 5.01. The van der Waals surface area contributed by atoms with Crippen molar-refractivity contribution >= 4 is 17.4 Å². The molecule has 2 aromatic rings. The predicted octanol–water partition coefficient (Wildman–Crippen LogP) is 2.81. The van der Waals surface area contributed by atoms with Crippen LogP contribution >= 0.6 is 11.6 Å². The zero-order valence-electron chi connectivity index (χ0n) is 8.27. The van der Waals surface area contributed by atoms with Crippen LogP contribution in [0.1, 0.15) is 11.5 Å². The molecule has 0 unspecified atom stereocenters. The second kappa shape index (κ2) is 4.69. The highest BCUT2D eigenvalue weighted by Crippen LogP contribution is 2.12. The van der Waals surface area contributed by atoms with Crippen molar-refractivity contribution in [1.82, 2.24) is 4.98 Å². The van der Waals surface area contributed by atoms with Gasteiger partial charge in [0.1, 0.15) is 22.8 Å². The molecule has 0 atom stereocenters. The molecule has 0 radical (unpaired) electrons. The zero-order valence-corrected chi connectivity index (χ0v) is 9.03. The van der Waals surface area contributed by atoms with Crippen molar-refractivity contribution in [3.63, 3.8) is 0 Å². The fourth-order valence-corrected chi connectivity index (χ4v) is 1.38. The Balaban J connectivity index is 2.00. The monoisotopic (exact) mass is 233 g/mol. The number of aromatic nitrogens is 1. The van der Waals surface area contributed by atoms with Crippen LogP contribution in [0.25, 0.3) is 0 Å². The average Bonchev–Trinajstić information content (AvgIpc) is 2.74. The first-order chi connectivity index (χ1) is 7.78. The third-order valence-corrected chi connectivity index (χ3v) is 2.14. The smallest absolute Gasteiger partial charge is 0.203 e. The molecule has 4 nitrogen and oxygen atoms in total. The number of hydrogen-bond donors (Lipinski definition) is 1. The third-order valence-electron chi connectivity index (χ3n) is 1.93. The van der Waals surface area contributed by atoms with Gasteiger partial charge in [0.05, 0.1) is 6.54 Å². The maximum Gasteiger partial charge on any atom is 0.203 e. The molecule has 0 aliphatic rings. The first kappa shape index (κ1) is 10.5. The molecule has 1 N–H and O–H groups in total. The lowest BCUT2D eigenvalue weighted by atomic mass is 10.4. The molecular formula is C11H8ClN3O. The van der Waals surface area contributed by atoms with Crippen LogP contribution < -0.4 is 5.32 Å². The van der Waals surface area contributed by atoms with E-state index in [2.05, 4.69) is 10.3 Å². The van der Waals surface area contributed by atoms with Crippen LogP contribution in [0.15, 0.2) is 34.7 Å². The van der Waals surface area contributed by atoms with E-state index in [0.29, 0.717) is 29.0 Å². The number of anilines is 1. The summed E-state index contributed by atoms with van der Waals surface area (Å²) in [4.78, 5) is 4.06. The molecule has 16 heavy (non-hydrogen) atoms. The van der Waals surface area contributed by atoms with Gasteiger partial charge in [0.25, 0.3) is 0 Å². The second-order valence-corrected chi connectivity index (χ2v) is 3.46. The molecule has 2 heterocycles. The van der Waals surface area contributed by atoms with Crippen LogP contribution in [-0.4, -0.2) is 4.98 Å². The highest BCUT2D eigenvalue weighted by molar-refractivity contribution is 6.29. The SMILES string of the molecule is N#Cc1ccc(CNc2cccc(Cl)n2)o1. The molecule has 0 aliphatic heterocycles. The highest BCUT2D eigenvalue weighted by atomic mass is 35.5. The quantitative estimate of drug-likeness (QED) is 0.828. The van der Waals surface area contributed by atoms with Crippen LogP contribution in [0.5, 0.6) is 0 Å². The van der Waals surface area contributed by atoms with Crippen LogP contribution in [0.4, 0.5) is 5.82 Å². The molecule has 0 saturated carbocycles. The molecule has 5 heteroatoms. The molecule has 2 aromatic heterocycles. The van der Waals surface area contributed by atoms with E-state index in [4.69, 9.17) is 21.3 Å². The van der Waals surface area contributed by atoms with Gasteiger partial charge in [0.15, 0.2) is 0 Å². The van der Waals surface area contributed by atoms with E-state index in [1.54, 1.807) is 30.3 Å². The minimum absolute atomic E-state index is 0.302. The second-order valence-electron chi connectivity index (χ2n) is 3.08. The van der Waals surface area contributed by atoms with Crippen molar-refractivity contribution in [3.05, 3.63) is 47.0 Å². The van der Waals surface area contributed by atoms with E-state index in [1.807, 2.05) is 6.07 Å². The summed E-state index contributed by atoms with van der Waals surface area (Å²) in [6, 6.07) is 10.6. The Morgan fingerprint density at radius 1 is 1.38 bits per heavy atom. The molecule has 0 fully saturated rings. The number of halogens is 1. The minimum Gasteiger partial charge on any atom is -0.449 e. The predicted molar refractivity (Wildman–Crippen MR) is 60.0 cm³/mol. The molecule has 0 saturated heterocycles. The van der Waals surface area contributed by atoms with Gasteiger partial charge in [-0.25, -0.2) is 4.98 Å². The van der Waals surface area contributed by atoms with Crippen LogP contribution in [-0.2, 0) is 6.54 Å². The molecule has 2 rings (SSSR count). The normalized spacial score (nSPS) is 9.75. The summed E-state index contributed by atoms with van der Waals surface area (Å²) in [5, 5.41) is 12.1. The zero-order chi connectivity index (χ0) is 11.4. The Hall–Kier alpha value is -1.99. The molecule has 0 amide bonds. The van der Waals surface area contributed by atoms with E-state index in [9.17, 15) is 0 Å². The van der Waals surface area contributed by atoms with Crippen molar-refractivity contribution in [2.45, 2.75) is 6.54 Å². The van der Waals surface area contributed by atoms with Gasteiger partial charge in [-0.2, -0.15) is 5.26 Å². The van der Waals surface area contributed by atoms with E-state index in [1.165, 1.54) is 0 Å². The van der Waals surface area contributed by atoms with E-state index in [0.717, 1.165) is 0 Å². The summed E-state index contributed by atoms with van der Waals surface area (Å²) in [5.41, 5.74) is 0. The summed E-state index contributed by atoms with van der Waals surface area (Å²) in [7, 11) is 0. The Labute approximate surface area is 97.5 Å². The molecule has 0 bridgehead atoms. The fraction of sp³-hybridized carbons (Fsp3) is 0.0909. The first-order valence-electron chi connectivity index (χ1n) is 4.63. The topological polar surface area (TPSA) is 61.9 Å². The van der Waals surface area contributed by atoms with Gasteiger partial charge in [0.2, 0.25) is 5.76 Å². The van der Waals surface area contributed by atoms with E-state index in [-0.39, 0.29) is 0 Å². The lowest BCUT2D eigenvalue weighted by molar-refractivity contribution is 0.506. The summed E-state index contributed by atoms with van der Waals surface area (Å²) in [6.07, 6.45) is 0. The van der Waals surface area contributed by atoms with Gasteiger partial charge >= 0.3 is 0 Å². The average molecular weight is 234 g/mol. The maximum absolute atomic E-state index is 8.58. The maximum atomic E-state index is 8.58. The van der Waals surface area contributed by atoms with Gasteiger partial charge in [-0.15, -0.1) is 0 Å². The van der Waals surface area contributed by atoms with Crippen molar-refractivity contribution in [3.8, 4) is 6.07 Å². The highest BCUT2D eigenvalue weighted by Gasteiger charge is 2.01. The molecular weight excluding hydrogens is 226 g/mol. The largest absolute Gasteiger partial charge is 0.449 e. The van der Waals surface area contributed by atoms with Crippen LogP contribution in [0.2, 0.25) is 5.15 Å². The van der Waals surface area contributed by atoms with Gasteiger partial charge in [-0.3, -0.25) is 0 Å². The van der Waals surface area contributed by atoms with E-state index >= 15 is 0 Å². The number of nitrogens with one attached hydrogen (secondary N) is 1. The Bertz CT molecular complexity index is 530. The third kappa shape index (κ3) is 2.53. The molecule has 0 aliphatic carbocycles. The standard InChI is InChI=1S/C11H8ClN3O/c12-10-2-1-3-11(15-10)14-7-9-5-4-8(6-13)16-9/h1-5H,7H2,(H,14,15). The number of furan rings is 1. The number of pyridine rings is 1. The number of nitrogens with zero attached hydrogens (tertiary/aromatic N) is 2. The summed E-state index contributed by atoms with van der Waals surface area (Å²) >= 11 is 5.74. The Morgan fingerprint density at radius 3 is 2.94 bits per heavy atom. The number of rotatable bonds is 3. The molecule has 80 valence electrons. The minimum atomic E-state index is 0.302. The van der Waals surface area contributed by atoms with Crippen molar-refractivity contribution in [1.29, 1.82) is 5.26 Å². The molecule has 0 spiro atoms. The van der Waals surface area contributed by atoms with E-state index < -0.39 is 0 Å². The van der Waals surface area contributed by atoms with Crippen LogP contribution in [0, 0.1) is 11.3 Å². The number of nitriles is 1. The van der Waals surface area contributed by atoms with Gasteiger partial charge in [-0.1, -0.05) is 17.7 Å². The summed E-state index contributed by atoms with van der Waals surface area (Å²) in [5.74, 6) is 1.65. The lowest BCUT2D eigenvalue weighted by Gasteiger charge is -2.02. The van der Waals surface area contributed by atoms with Crippen molar-refractivity contribution < 1.29 is 4.42 Å². The van der Waals surface area contributed by atoms with Gasteiger partial charge in [-0.05, 0) is 24.3 Å². The lowest BCUT2D eigenvalue weighted by Crippen LogP contribution is -1.99. The number of hydrogen-bond acceptors (Lipinski definition) is 4. The van der Waals surface area contributed by atoms with Crippen molar-refractivity contribution in [2.75, 3.05) is 5.32 Å². The molecule has 0 aromatic carbocycles. The van der Waals surface area contributed by atoms with Gasteiger partial charge in [0, 0.05) is 0 Å².